The second-order valence-corrected chi connectivity index (χ2v) is 7.25. The SMILES string of the molecule is CCOc1cc(C(=O)Nc2nc(-c3ccc([N+](=O)[O-])cc3)cs2)cc(OCC)c1OCC. The van der Waals surface area contributed by atoms with Gasteiger partial charge in [-0.3, -0.25) is 20.2 Å². The molecule has 0 fully saturated rings. The maximum atomic E-state index is 12.9. The van der Waals surface area contributed by atoms with Crippen LogP contribution in [0.25, 0.3) is 11.3 Å². The van der Waals surface area contributed by atoms with Crippen LogP contribution in [0.5, 0.6) is 17.2 Å². The molecule has 0 aliphatic rings. The predicted octanol–water partition coefficient (Wildman–Crippen LogP) is 5.17. The molecule has 1 amide bonds. The van der Waals surface area contributed by atoms with Gasteiger partial charge in [-0.25, -0.2) is 4.98 Å². The molecule has 0 radical (unpaired) electrons. The molecule has 0 atom stereocenters. The van der Waals surface area contributed by atoms with Gasteiger partial charge >= 0.3 is 0 Å². The summed E-state index contributed by atoms with van der Waals surface area (Å²) in [4.78, 5) is 27.7. The molecule has 32 heavy (non-hydrogen) atoms. The average molecular weight is 458 g/mol. The Bertz CT molecular complexity index is 1070. The summed E-state index contributed by atoms with van der Waals surface area (Å²) in [5.74, 6) is 0.939. The number of anilines is 1. The maximum Gasteiger partial charge on any atom is 0.269 e. The van der Waals surface area contributed by atoms with Crippen LogP contribution in [-0.2, 0) is 0 Å². The molecule has 3 aromatic rings. The van der Waals surface area contributed by atoms with Gasteiger partial charge in [0.1, 0.15) is 0 Å². The number of thiazole rings is 1. The summed E-state index contributed by atoms with van der Waals surface area (Å²) >= 11 is 1.25. The molecule has 0 bridgehead atoms. The number of nitro groups is 1. The summed E-state index contributed by atoms with van der Waals surface area (Å²) in [6.45, 7) is 6.78. The molecule has 0 aliphatic heterocycles. The van der Waals surface area contributed by atoms with Crippen molar-refractivity contribution in [3.8, 4) is 28.5 Å². The second-order valence-electron chi connectivity index (χ2n) is 6.40. The van der Waals surface area contributed by atoms with E-state index < -0.39 is 4.92 Å². The molecule has 3 rings (SSSR count). The van der Waals surface area contributed by atoms with E-state index in [1.807, 2.05) is 20.8 Å². The molecule has 0 saturated carbocycles. The lowest BCUT2D eigenvalue weighted by molar-refractivity contribution is -0.384. The van der Waals surface area contributed by atoms with Crippen LogP contribution in [0, 0.1) is 10.1 Å². The Morgan fingerprint density at radius 3 is 2.16 bits per heavy atom. The Hall–Kier alpha value is -3.66. The van der Waals surface area contributed by atoms with E-state index in [1.165, 1.54) is 23.5 Å². The van der Waals surface area contributed by atoms with Crippen LogP contribution in [0.3, 0.4) is 0 Å². The summed E-state index contributed by atoms with van der Waals surface area (Å²) in [6, 6.07) is 9.28. The minimum Gasteiger partial charge on any atom is -0.490 e. The monoisotopic (exact) mass is 457 g/mol. The minimum absolute atomic E-state index is 0.00297. The summed E-state index contributed by atoms with van der Waals surface area (Å²) in [6.07, 6.45) is 0. The number of ether oxygens (including phenoxy) is 3. The number of benzene rings is 2. The molecule has 1 heterocycles. The topological polar surface area (TPSA) is 113 Å². The number of rotatable bonds is 10. The second kappa shape index (κ2) is 10.6. The first-order valence-corrected chi connectivity index (χ1v) is 10.9. The summed E-state index contributed by atoms with van der Waals surface area (Å²) in [5.41, 5.74) is 1.67. The molecular weight excluding hydrogens is 434 g/mol. The van der Waals surface area contributed by atoms with Gasteiger partial charge < -0.3 is 14.2 Å². The molecule has 10 heteroatoms. The number of carbonyl (C=O) groups is 1. The van der Waals surface area contributed by atoms with Crippen molar-refractivity contribution in [1.82, 2.24) is 4.98 Å². The van der Waals surface area contributed by atoms with Gasteiger partial charge in [-0.05, 0) is 45.0 Å². The highest BCUT2D eigenvalue weighted by atomic mass is 32.1. The van der Waals surface area contributed by atoms with Gasteiger partial charge in [-0.1, -0.05) is 0 Å². The van der Waals surface area contributed by atoms with E-state index in [2.05, 4.69) is 10.3 Å². The Balaban J connectivity index is 1.83. The number of amides is 1. The van der Waals surface area contributed by atoms with Gasteiger partial charge in [0.15, 0.2) is 16.6 Å². The fraction of sp³-hybridized carbons (Fsp3) is 0.273. The Kier molecular flexibility index (Phi) is 7.61. The van der Waals surface area contributed by atoms with Gasteiger partial charge in [0.2, 0.25) is 5.75 Å². The number of carbonyl (C=O) groups excluding carboxylic acids is 1. The van der Waals surface area contributed by atoms with Crippen LogP contribution in [0.2, 0.25) is 0 Å². The van der Waals surface area contributed by atoms with Crippen LogP contribution in [-0.4, -0.2) is 35.6 Å². The zero-order valence-electron chi connectivity index (χ0n) is 17.9. The van der Waals surface area contributed by atoms with E-state index in [4.69, 9.17) is 14.2 Å². The Labute approximate surface area is 189 Å². The van der Waals surface area contributed by atoms with E-state index in [0.717, 1.165) is 0 Å². The quantitative estimate of drug-likeness (QED) is 0.330. The lowest BCUT2D eigenvalue weighted by Crippen LogP contribution is -2.13. The molecule has 0 unspecified atom stereocenters. The molecule has 1 N–H and O–H groups in total. The minimum atomic E-state index is -0.458. The number of hydrogen-bond acceptors (Lipinski definition) is 8. The summed E-state index contributed by atoms with van der Waals surface area (Å²) < 4.78 is 17.0. The predicted molar refractivity (Wildman–Crippen MR) is 122 cm³/mol. The number of nitrogens with one attached hydrogen (secondary N) is 1. The van der Waals surface area contributed by atoms with E-state index >= 15 is 0 Å². The van der Waals surface area contributed by atoms with Crippen molar-refractivity contribution in [1.29, 1.82) is 0 Å². The van der Waals surface area contributed by atoms with Crippen molar-refractivity contribution in [3.05, 3.63) is 57.5 Å². The van der Waals surface area contributed by atoms with Gasteiger partial charge in [0.25, 0.3) is 11.6 Å². The van der Waals surface area contributed by atoms with Crippen LogP contribution in [0.1, 0.15) is 31.1 Å². The first-order chi connectivity index (χ1) is 15.5. The molecular formula is C22H23N3O6S. The zero-order valence-corrected chi connectivity index (χ0v) is 18.7. The van der Waals surface area contributed by atoms with Crippen molar-refractivity contribution in [3.63, 3.8) is 0 Å². The van der Waals surface area contributed by atoms with Crippen LogP contribution in [0.15, 0.2) is 41.8 Å². The van der Waals surface area contributed by atoms with Gasteiger partial charge in [0.05, 0.1) is 30.4 Å². The smallest absolute Gasteiger partial charge is 0.269 e. The van der Waals surface area contributed by atoms with Crippen molar-refractivity contribution in [2.24, 2.45) is 0 Å². The Morgan fingerprint density at radius 1 is 1.03 bits per heavy atom. The first-order valence-electron chi connectivity index (χ1n) is 10.0. The fourth-order valence-electron chi connectivity index (χ4n) is 2.91. The normalized spacial score (nSPS) is 10.5. The largest absolute Gasteiger partial charge is 0.490 e. The third kappa shape index (κ3) is 5.33. The molecule has 168 valence electrons. The molecule has 0 spiro atoms. The average Bonchev–Trinajstić information content (AvgIpc) is 3.24. The molecule has 0 aliphatic carbocycles. The van der Waals surface area contributed by atoms with Crippen LogP contribution in [0.4, 0.5) is 10.8 Å². The molecule has 1 aromatic heterocycles. The zero-order chi connectivity index (χ0) is 23.1. The summed E-state index contributed by atoms with van der Waals surface area (Å²) in [7, 11) is 0. The highest BCUT2D eigenvalue weighted by molar-refractivity contribution is 7.14. The van der Waals surface area contributed by atoms with E-state index in [0.29, 0.717) is 59.0 Å². The van der Waals surface area contributed by atoms with Crippen LogP contribution < -0.4 is 19.5 Å². The third-order valence-corrected chi connectivity index (χ3v) is 5.03. The molecule has 0 saturated heterocycles. The number of nitrogens with zero attached hydrogens (tertiary/aromatic N) is 2. The van der Waals surface area contributed by atoms with E-state index in [1.54, 1.807) is 29.6 Å². The van der Waals surface area contributed by atoms with Gasteiger partial charge in [-0.2, -0.15) is 0 Å². The van der Waals surface area contributed by atoms with Crippen molar-refractivity contribution < 1.29 is 23.9 Å². The van der Waals surface area contributed by atoms with Crippen molar-refractivity contribution in [2.75, 3.05) is 25.1 Å². The molecule has 2 aromatic carbocycles. The van der Waals surface area contributed by atoms with E-state index in [-0.39, 0.29) is 11.6 Å². The highest BCUT2D eigenvalue weighted by Gasteiger charge is 2.19. The number of non-ortho nitro benzene ring substituents is 1. The molecule has 9 nitrogen and oxygen atoms in total. The summed E-state index contributed by atoms with van der Waals surface area (Å²) in [5, 5.41) is 15.8. The maximum absolute atomic E-state index is 12.9. The van der Waals surface area contributed by atoms with Gasteiger partial charge in [0, 0.05) is 28.6 Å². The third-order valence-electron chi connectivity index (χ3n) is 4.27. The standard InChI is InChI=1S/C22H23N3O6S/c1-4-29-18-11-15(12-19(30-5-2)20(18)31-6-3)21(26)24-22-23-17(13-32-22)14-7-9-16(10-8-14)25(27)28/h7-13H,4-6H2,1-3H3,(H,23,24,26). The van der Waals surface area contributed by atoms with Gasteiger partial charge in [-0.15, -0.1) is 11.3 Å². The van der Waals surface area contributed by atoms with Crippen molar-refractivity contribution >= 4 is 28.1 Å². The van der Waals surface area contributed by atoms with Crippen molar-refractivity contribution in [2.45, 2.75) is 20.8 Å². The Morgan fingerprint density at radius 2 is 1.62 bits per heavy atom. The number of nitro benzene ring substituents is 1. The highest BCUT2D eigenvalue weighted by Crippen LogP contribution is 2.39. The lowest BCUT2D eigenvalue weighted by Gasteiger charge is -2.16. The first kappa shape index (κ1) is 23.0. The fourth-order valence-corrected chi connectivity index (χ4v) is 3.62. The van der Waals surface area contributed by atoms with E-state index in [9.17, 15) is 14.9 Å². The number of aromatic nitrogens is 1. The number of hydrogen-bond donors (Lipinski definition) is 1. The van der Waals surface area contributed by atoms with Crippen LogP contribution >= 0.6 is 11.3 Å². The lowest BCUT2D eigenvalue weighted by atomic mass is 10.1.